The number of carbonyl (C=O) groups excluding carboxylic acids is 1. The number of hydrogen-bond acceptors (Lipinski definition) is 6. The van der Waals surface area contributed by atoms with Crippen LogP contribution >= 0.6 is 11.6 Å². The summed E-state index contributed by atoms with van der Waals surface area (Å²) in [4.78, 5) is 20.9. The molecule has 2 aromatic heterocycles. The number of rotatable bonds is 5. The minimum Gasteiger partial charge on any atom is -0.487 e. The third kappa shape index (κ3) is 4.20. The lowest BCUT2D eigenvalue weighted by Gasteiger charge is -2.26. The van der Waals surface area contributed by atoms with Crippen molar-refractivity contribution in [3.63, 3.8) is 0 Å². The number of fused-ring (bicyclic) bond motifs is 1. The highest BCUT2D eigenvalue weighted by atomic mass is 35.5. The summed E-state index contributed by atoms with van der Waals surface area (Å²) in [6, 6.07) is 9.65. The van der Waals surface area contributed by atoms with Crippen molar-refractivity contribution in [3.8, 4) is 17.1 Å². The quantitative estimate of drug-likeness (QED) is 0.465. The summed E-state index contributed by atoms with van der Waals surface area (Å²) in [6.07, 6.45) is 1.50. The predicted octanol–water partition coefficient (Wildman–Crippen LogP) is 3.90. The topological polar surface area (TPSA) is 91.2 Å². The van der Waals surface area contributed by atoms with Crippen LogP contribution in [0.5, 0.6) is 5.75 Å². The largest absolute Gasteiger partial charge is 0.487 e. The van der Waals surface area contributed by atoms with Gasteiger partial charge in [0.1, 0.15) is 36.6 Å². The third-order valence-electron chi connectivity index (χ3n) is 5.68. The molecule has 2 aromatic carbocycles. The van der Waals surface area contributed by atoms with E-state index in [1.807, 2.05) is 38.2 Å². The lowest BCUT2D eigenvalue weighted by molar-refractivity contribution is -0.131. The summed E-state index contributed by atoms with van der Waals surface area (Å²) in [5.74, 6) is 0.484. The van der Waals surface area contributed by atoms with E-state index in [-0.39, 0.29) is 30.8 Å². The molecule has 174 valence electrons. The smallest absolute Gasteiger partial charge is 0.246 e. The number of halogens is 2. The minimum atomic E-state index is -0.525. The summed E-state index contributed by atoms with van der Waals surface area (Å²) >= 11 is 6.40. The number of benzene rings is 2. The maximum atomic E-state index is 14.2. The lowest BCUT2D eigenvalue weighted by atomic mass is 10.00. The van der Waals surface area contributed by atoms with Gasteiger partial charge in [-0.15, -0.1) is 0 Å². The van der Waals surface area contributed by atoms with Crippen molar-refractivity contribution >= 4 is 28.4 Å². The molecule has 5 rings (SSSR count). The second-order valence-corrected chi connectivity index (χ2v) is 8.46. The highest BCUT2D eigenvalue weighted by Crippen LogP contribution is 2.34. The standard InChI is InChI=1S/C24H21ClFN5O3/c1-13-6-17(24-27-12-28-31(24)2)15-4-3-5-21(23(15)29-13)34-9-18-16(7-14(26)8-19(18)25)20-10-33-11-22(32)30-20/h3-8,12,20H,9-11H2,1-2H3,(H,30,32). The van der Waals surface area contributed by atoms with Crippen LogP contribution in [0.15, 0.2) is 42.7 Å². The fourth-order valence-electron chi connectivity index (χ4n) is 4.14. The van der Waals surface area contributed by atoms with Gasteiger partial charge in [0.05, 0.1) is 17.7 Å². The van der Waals surface area contributed by atoms with Crippen LogP contribution in [0.2, 0.25) is 5.02 Å². The zero-order chi connectivity index (χ0) is 23.8. The first-order chi connectivity index (χ1) is 16.4. The first kappa shape index (κ1) is 22.2. The van der Waals surface area contributed by atoms with Gasteiger partial charge in [0, 0.05) is 29.3 Å². The van der Waals surface area contributed by atoms with Gasteiger partial charge in [-0.25, -0.2) is 19.0 Å². The van der Waals surface area contributed by atoms with Gasteiger partial charge in [0.2, 0.25) is 5.91 Å². The van der Waals surface area contributed by atoms with Gasteiger partial charge in [-0.05, 0) is 36.8 Å². The van der Waals surface area contributed by atoms with Gasteiger partial charge in [-0.1, -0.05) is 23.7 Å². The number of nitrogens with zero attached hydrogens (tertiary/aromatic N) is 4. The normalized spacial score (nSPS) is 16.0. The molecule has 1 atom stereocenters. The number of morpholine rings is 1. The van der Waals surface area contributed by atoms with Crippen molar-refractivity contribution < 1.29 is 18.7 Å². The average molecular weight is 482 g/mol. The number of hydrogen-bond donors (Lipinski definition) is 1. The molecule has 1 fully saturated rings. The summed E-state index contributed by atoms with van der Waals surface area (Å²) in [6.45, 7) is 2.14. The van der Waals surface area contributed by atoms with Gasteiger partial charge < -0.3 is 14.8 Å². The van der Waals surface area contributed by atoms with E-state index in [4.69, 9.17) is 26.1 Å². The summed E-state index contributed by atoms with van der Waals surface area (Å²) in [5.41, 5.74) is 3.42. The number of nitrogens with one attached hydrogen (secondary N) is 1. The molecule has 4 aromatic rings. The van der Waals surface area contributed by atoms with E-state index in [1.165, 1.54) is 18.5 Å². The van der Waals surface area contributed by atoms with Crippen LogP contribution < -0.4 is 10.1 Å². The van der Waals surface area contributed by atoms with Crippen molar-refractivity contribution in [3.05, 3.63) is 70.4 Å². The molecular weight excluding hydrogens is 461 g/mol. The van der Waals surface area contributed by atoms with Gasteiger partial charge in [0.15, 0.2) is 5.82 Å². The Labute approximate surface area is 199 Å². The molecule has 1 unspecified atom stereocenters. The maximum absolute atomic E-state index is 14.2. The summed E-state index contributed by atoms with van der Waals surface area (Å²) < 4.78 is 27.4. The predicted molar refractivity (Wildman–Crippen MR) is 124 cm³/mol. The Balaban J connectivity index is 1.53. The molecule has 1 N–H and O–H groups in total. The molecule has 34 heavy (non-hydrogen) atoms. The maximum Gasteiger partial charge on any atom is 0.246 e. The highest BCUT2D eigenvalue weighted by molar-refractivity contribution is 6.31. The Morgan fingerprint density at radius 1 is 1.32 bits per heavy atom. The van der Waals surface area contributed by atoms with Crippen LogP contribution in [0, 0.1) is 12.7 Å². The zero-order valence-electron chi connectivity index (χ0n) is 18.5. The van der Waals surface area contributed by atoms with E-state index in [0.717, 1.165) is 16.6 Å². The molecule has 10 heteroatoms. The van der Waals surface area contributed by atoms with Crippen molar-refractivity contribution in [2.45, 2.75) is 19.6 Å². The van der Waals surface area contributed by atoms with E-state index in [2.05, 4.69) is 15.4 Å². The summed E-state index contributed by atoms with van der Waals surface area (Å²) in [7, 11) is 1.83. The Morgan fingerprint density at radius 2 is 2.18 bits per heavy atom. The summed E-state index contributed by atoms with van der Waals surface area (Å²) in [5, 5.41) is 8.06. The lowest BCUT2D eigenvalue weighted by Crippen LogP contribution is -2.40. The molecule has 3 heterocycles. The molecule has 0 saturated carbocycles. The van der Waals surface area contributed by atoms with Gasteiger partial charge in [0.25, 0.3) is 0 Å². The Bertz CT molecular complexity index is 1410. The second-order valence-electron chi connectivity index (χ2n) is 8.05. The van der Waals surface area contributed by atoms with Crippen molar-refractivity contribution in [2.75, 3.05) is 13.2 Å². The number of carbonyl (C=O) groups is 1. The Morgan fingerprint density at radius 3 is 2.94 bits per heavy atom. The van der Waals surface area contributed by atoms with Crippen molar-refractivity contribution in [1.82, 2.24) is 25.1 Å². The van der Waals surface area contributed by atoms with Crippen LogP contribution in [-0.4, -0.2) is 38.9 Å². The first-order valence-electron chi connectivity index (χ1n) is 10.6. The number of pyridine rings is 1. The van der Waals surface area contributed by atoms with Gasteiger partial charge >= 0.3 is 0 Å². The fraction of sp³-hybridized carbons (Fsp3) is 0.250. The highest BCUT2D eigenvalue weighted by Gasteiger charge is 2.25. The van der Waals surface area contributed by atoms with Gasteiger partial charge in [-0.2, -0.15) is 5.10 Å². The fourth-order valence-corrected chi connectivity index (χ4v) is 4.41. The number of para-hydroxylation sites is 1. The van der Waals surface area contributed by atoms with E-state index >= 15 is 0 Å². The molecule has 1 aliphatic rings. The van der Waals surface area contributed by atoms with E-state index < -0.39 is 11.9 Å². The molecule has 0 spiro atoms. The van der Waals surface area contributed by atoms with Crippen LogP contribution in [-0.2, 0) is 23.2 Å². The molecule has 0 aliphatic carbocycles. The number of aryl methyl sites for hydroxylation is 2. The van der Waals surface area contributed by atoms with Crippen molar-refractivity contribution in [2.24, 2.45) is 7.05 Å². The molecule has 1 aliphatic heterocycles. The van der Waals surface area contributed by atoms with E-state index in [1.54, 1.807) is 4.68 Å². The van der Waals surface area contributed by atoms with E-state index in [0.29, 0.717) is 28.2 Å². The Kier molecular flexibility index (Phi) is 5.89. The van der Waals surface area contributed by atoms with E-state index in [9.17, 15) is 9.18 Å². The minimum absolute atomic E-state index is 0.0275. The zero-order valence-corrected chi connectivity index (χ0v) is 19.3. The molecule has 1 saturated heterocycles. The Hall–Kier alpha value is -3.56. The van der Waals surface area contributed by atoms with Crippen LogP contribution in [0.4, 0.5) is 4.39 Å². The number of amides is 1. The molecular formula is C24H21ClFN5O3. The third-order valence-corrected chi connectivity index (χ3v) is 6.02. The number of aromatic nitrogens is 4. The van der Waals surface area contributed by atoms with Gasteiger partial charge in [-0.3, -0.25) is 4.79 Å². The first-order valence-corrected chi connectivity index (χ1v) is 11.0. The van der Waals surface area contributed by atoms with Crippen LogP contribution in [0.3, 0.4) is 0 Å². The average Bonchev–Trinajstić information content (AvgIpc) is 3.23. The molecule has 0 bridgehead atoms. The van der Waals surface area contributed by atoms with Crippen LogP contribution in [0.1, 0.15) is 22.9 Å². The van der Waals surface area contributed by atoms with Crippen LogP contribution in [0.25, 0.3) is 22.3 Å². The molecule has 8 nitrogen and oxygen atoms in total. The second kappa shape index (κ2) is 9.00. The van der Waals surface area contributed by atoms with Crippen molar-refractivity contribution in [1.29, 1.82) is 0 Å². The SMILES string of the molecule is Cc1cc(-c2ncnn2C)c2cccc(OCc3c(Cl)cc(F)cc3C3COCC(=O)N3)c2n1. The monoisotopic (exact) mass is 481 g/mol. The number of ether oxygens (including phenoxy) is 2. The molecule has 0 radical (unpaired) electrons. The molecule has 1 amide bonds.